The van der Waals surface area contributed by atoms with Crippen LogP contribution in [0.5, 0.6) is 0 Å². The molecule has 1 amide bonds. The molecule has 1 aliphatic rings. The number of carbonyl (C=O) groups is 1. The van der Waals surface area contributed by atoms with Gasteiger partial charge < -0.3 is 10.2 Å². The standard InChI is InChI=1S/C25H25FN2O/c26-23-12-6-4-11-21(23)17-28(22-14-15-22)18-25(29)27-24-13-7-5-10-20(24)16-19-8-2-1-3-9-19/h1-13,22H,14-18H2,(H,27,29)/p+1. The van der Waals surface area contributed by atoms with Gasteiger partial charge in [0, 0.05) is 24.1 Å². The Labute approximate surface area is 171 Å². The summed E-state index contributed by atoms with van der Waals surface area (Å²) in [5, 5.41) is 3.09. The second-order valence-electron chi connectivity index (χ2n) is 7.75. The van der Waals surface area contributed by atoms with E-state index in [1.54, 1.807) is 6.07 Å². The molecule has 3 aromatic rings. The van der Waals surface area contributed by atoms with Crippen LogP contribution in [0.4, 0.5) is 10.1 Å². The molecule has 4 heteroatoms. The second kappa shape index (κ2) is 9.01. The Kier molecular flexibility index (Phi) is 6.01. The average Bonchev–Trinajstić information content (AvgIpc) is 3.57. The van der Waals surface area contributed by atoms with Crippen LogP contribution in [0.25, 0.3) is 0 Å². The molecule has 0 aliphatic heterocycles. The van der Waals surface area contributed by atoms with E-state index in [-0.39, 0.29) is 11.7 Å². The molecule has 3 aromatic carbocycles. The Hall–Kier alpha value is -2.98. The maximum Gasteiger partial charge on any atom is 0.279 e. The number of hydrogen-bond acceptors (Lipinski definition) is 1. The highest BCUT2D eigenvalue weighted by molar-refractivity contribution is 5.92. The van der Waals surface area contributed by atoms with Gasteiger partial charge in [0.2, 0.25) is 0 Å². The molecule has 0 radical (unpaired) electrons. The van der Waals surface area contributed by atoms with Gasteiger partial charge in [0.15, 0.2) is 6.54 Å². The normalized spacial score (nSPS) is 14.4. The van der Waals surface area contributed by atoms with Crippen LogP contribution >= 0.6 is 0 Å². The van der Waals surface area contributed by atoms with Crippen molar-refractivity contribution < 1.29 is 14.1 Å². The number of anilines is 1. The van der Waals surface area contributed by atoms with Crippen molar-refractivity contribution in [3.05, 3.63) is 101 Å². The molecular weight excluding hydrogens is 363 g/mol. The summed E-state index contributed by atoms with van der Waals surface area (Å²) in [7, 11) is 0. The van der Waals surface area contributed by atoms with Crippen molar-refractivity contribution in [1.29, 1.82) is 0 Å². The zero-order valence-corrected chi connectivity index (χ0v) is 16.4. The molecule has 0 saturated heterocycles. The highest BCUT2D eigenvalue weighted by Gasteiger charge is 2.35. The summed E-state index contributed by atoms with van der Waals surface area (Å²) in [6.07, 6.45) is 2.97. The molecule has 0 aromatic heterocycles. The molecule has 148 valence electrons. The van der Waals surface area contributed by atoms with Gasteiger partial charge in [0.05, 0.1) is 6.04 Å². The van der Waals surface area contributed by atoms with Crippen molar-refractivity contribution in [2.24, 2.45) is 0 Å². The minimum absolute atomic E-state index is 0.0243. The summed E-state index contributed by atoms with van der Waals surface area (Å²) in [4.78, 5) is 13.9. The van der Waals surface area contributed by atoms with Crippen LogP contribution in [0.1, 0.15) is 29.5 Å². The number of carbonyl (C=O) groups excluding carboxylic acids is 1. The van der Waals surface area contributed by atoms with E-state index in [9.17, 15) is 9.18 Å². The number of nitrogens with one attached hydrogen (secondary N) is 2. The minimum Gasteiger partial charge on any atom is -0.321 e. The van der Waals surface area contributed by atoms with Gasteiger partial charge in [0.1, 0.15) is 12.4 Å². The second-order valence-corrected chi connectivity index (χ2v) is 7.75. The molecule has 0 bridgehead atoms. The fourth-order valence-electron chi connectivity index (χ4n) is 3.74. The molecule has 0 spiro atoms. The van der Waals surface area contributed by atoms with E-state index in [4.69, 9.17) is 0 Å². The van der Waals surface area contributed by atoms with Crippen molar-refractivity contribution >= 4 is 11.6 Å². The van der Waals surface area contributed by atoms with Crippen LogP contribution in [0.2, 0.25) is 0 Å². The summed E-state index contributed by atoms with van der Waals surface area (Å²) in [6, 6.07) is 25.5. The number of quaternary nitrogens is 1. The molecular formula is C25H26FN2O+. The first-order valence-corrected chi connectivity index (χ1v) is 10.2. The predicted octanol–water partition coefficient (Wildman–Crippen LogP) is 3.60. The number of halogens is 1. The van der Waals surface area contributed by atoms with Crippen LogP contribution in [-0.2, 0) is 17.8 Å². The van der Waals surface area contributed by atoms with E-state index in [0.29, 0.717) is 24.7 Å². The first kappa shape index (κ1) is 19.3. The van der Waals surface area contributed by atoms with E-state index in [1.165, 1.54) is 11.6 Å². The Morgan fingerprint density at radius 2 is 1.55 bits per heavy atom. The smallest absolute Gasteiger partial charge is 0.279 e. The van der Waals surface area contributed by atoms with Gasteiger partial charge in [-0.15, -0.1) is 0 Å². The molecule has 0 heterocycles. The van der Waals surface area contributed by atoms with Gasteiger partial charge in [-0.1, -0.05) is 66.7 Å². The zero-order chi connectivity index (χ0) is 20.1. The van der Waals surface area contributed by atoms with E-state index >= 15 is 0 Å². The van der Waals surface area contributed by atoms with Crippen LogP contribution in [-0.4, -0.2) is 18.5 Å². The van der Waals surface area contributed by atoms with Crippen molar-refractivity contribution in [1.82, 2.24) is 0 Å². The van der Waals surface area contributed by atoms with Crippen molar-refractivity contribution in [3.8, 4) is 0 Å². The Morgan fingerprint density at radius 1 is 0.897 bits per heavy atom. The summed E-state index contributed by atoms with van der Waals surface area (Å²) >= 11 is 0. The fourth-order valence-corrected chi connectivity index (χ4v) is 3.74. The largest absolute Gasteiger partial charge is 0.321 e. The lowest BCUT2D eigenvalue weighted by atomic mass is 10.0. The maximum absolute atomic E-state index is 14.1. The van der Waals surface area contributed by atoms with Gasteiger partial charge in [-0.2, -0.15) is 0 Å². The molecule has 1 aliphatic carbocycles. The molecule has 1 unspecified atom stereocenters. The lowest BCUT2D eigenvalue weighted by Crippen LogP contribution is -3.13. The molecule has 1 saturated carbocycles. The lowest BCUT2D eigenvalue weighted by Gasteiger charge is -2.20. The van der Waals surface area contributed by atoms with E-state index in [2.05, 4.69) is 17.4 Å². The van der Waals surface area contributed by atoms with Crippen LogP contribution in [0.3, 0.4) is 0 Å². The van der Waals surface area contributed by atoms with Gasteiger partial charge in [-0.05, 0) is 29.7 Å². The number of para-hydroxylation sites is 1. The van der Waals surface area contributed by atoms with E-state index < -0.39 is 0 Å². The summed E-state index contributed by atoms with van der Waals surface area (Å²) in [5.74, 6) is -0.219. The van der Waals surface area contributed by atoms with Gasteiger partial charge in [-0.3, -0.25) is 4.79 Å². The third-order valence-electron chi connectivity index (χ3n) is 5.45. The highest BCUT2D eigenvalue weighted by Crippen LogP contribution is 2.19. The number of amides is 1. The monoisotopic (exact) mass is 389 g/mol. The number of hydrogen-bond donors (Lipinski definition) is 2. The van der Waals surface area contributed by atoms with E-state index in [0.717, 1.165) is 35.4 Å². The van der Waals surface area contributed by atoms with Crippen LogP contribution in [0.15, 0.2) is 78.9 Å². The van der Waals surface area contributed by atoms with Gasteiger partial charge in [-0.25, -0.2) is 4.39 Å². The third kappa shape index (κ3) is 5.30. The minimum atomic E-state index is -0.195. The Morgan fingerprint density at radius 3 is 2.28 bits per heavy atom. The third-order valence-corrected chi connectivity index (χ3v) is 5.45. The van der Waals surface area contributed by atoms with Crippen molar-refractivity contribution in [2.45, 2.75) is 31.8 Å². The van der Waals surface area contributed by atoms with Crippen LogP contribution in [0, 0.1) is 5.82 Å². The summed E-state index contributed by atoms with van der Waals surface area (Å²) in [6.45, 7) is 0.884. The zero-order valence-electron chi connectivity index (χ0n) is 16.4. The first-order chi connectivity index (χ1) is 14.2. The van der Waals surface area contributed by atoms with Crippen LogP contribution < -0.4 is 10.2 Å². The van der Waals surface area contributed by atoms with E-state index in [1.807, 2.05) is 54.6 Å². The maximum atomic E-state index is 14.1. The van der Waals surface area contributed by atoms with Crippen molar-refractivity contribution in [3.63, 3.8) is 0 Å². The summed E-state index contributed by atoms with van der Waals surface area (Å²) in [5.41, 5.74) is 3.82. The van der Waals surface area contributed by atoms with Crippen molar-refractivity contribution in [2.75, 3.05) is 11.9 Å². The summed E-state index contributed by atoms with van der Waals surface area (Å²) < 4.78 is 14.1. The fraction of sp³-hybridized carbons (Fsp3) is 0.240. The highest BCUT2D eigenvalue weighted by atomic mass is 19.1. The molecule has 29 heavy (non-hydrogen) atoms. The quantitative estimate of drug-likeness (QED) is 0.606. The molecule has 3 nitrogen and oxygen atoms in total. The van der Waals surface area contributed by atoms with Gasteiger partial charge in [0.25, 0.3) is 5.91 Å². The molecule has 1 fully saturated rings. The Bertz CT molecular complexity index is 969. The SMILES string of the molecule is O=C(C[NH+](Cc1ccccc1F)C1CC1)Nc1ccccc1Cc1ccccc1. The average molecular weight is 389 g/mol. The molecule has 4 rings (SSSR count). The Balaban J connectivity index is 1.43. The lowest BCUT2D eigenvalue weighted by molar-refractivity contribution is -0.917. The number of rotatable bonds is 8. The molecule has 1 atom stereocenters. The predicted molar refractivity (Wildman–Crippen MR) is 113 cm³/mol. The number of benzene rings is 3. The van der Waals surface area contributed by atoms with Gasteiger partial charge >= 0.3 is 0 Å². The molecule has 2 N–H and O–H groups in total. The topological polar surface area (TPSA) is 33.5 Å². The first-order valence-electron chi connectivity index (χ1n) is 10.2.